The molecular formula is C9H10N4S. The van der Waals surface area contributed by atoms with Crippen molar-refractivity contribution < 1.29 is 0 Å². The first-order valence-corrected chi connectivity index (χ1v) is 5.53. The first kappa shape index (κ1) is 8.14. The maximum atomic E-state index is 4.35. The summed E-state index contributed by atoms with van der Waals surface area (Å²) in [6, 6.07) is 0. The lowest BCUT2D eigenvalue weighted by Crippen LogP contribution is -2.28. The van der Waals surface area contributed by atoms with E-state index in [0.717, 1.165) is 25.3 Å². The molecular weight excluding hydrogens is 196 g/mol. The molecule has 0 aliphatic carbocycles. The van der Waals surface area contributed by atoms with Crippen LogP contribution in [0.25, 0.3) is 11.3 Å². The molecule has 72 valence electrons. The second-order valence-electron chi connectivity index (χ2n) is 3.28. The molecule has 0 aromatic carbocycles. The van der Waals surface area contributed by atoms with Crippen molar-refractivity contribution in [1.82, 2.24) is 20.1 Å². The van der Waals surface area contributed by atoms with Gasteiger partial charge < -0.3 is 5.32 Å². The zero-order valence-corrected chi connectivity index (χ0v) is 8.42. The van der Waals surface area contributed by atoms with Crippen LogP contribution in [-0.4, -0.2) is 21.3 Å². The predicted molar refractivity (Wildman–Crippen MR) is 55.0 cm³/mol. The summed E-state index contributed by atoms with van der Waals surface area (Å²) >= 11 is 1.62. The number of fused-ring (bicyclic) bond motifs is 1. The molecule has 14 heavy (non-hydrogen) atoms. The number of rotatable bonds is 1. The van der Waals surface area contributed by atoms with Gasteiger partial charge in [0.05, 0.1) is 29.6 Å². The SMILES string of the molecule is c1nc(-c2cnn3c2CNCC3)cs1. The Morgan fingerprint density at radius 2 is 2.50 bits per heavy atom. The summed E-state index contributed by atoms with van der Waals surface area (Å²) in [5.74, 6) is 0. The molecule has 0 saturated heterocycles. The van der Waals surface area contributed by atoms with Gasteiger partial charge in [0.1, 0.15) is 0 Å². The van der Waals surface area contributed by atoms with Crippen LogP contribution in [0.4, 0.5) is 0 Å². The van der Waals surface area contributed by atoms with Gasteiger partial charge in [-0.3, -0.25) is 4.68 Å². The van der Waals surface area contributed by atoms with Crippen molar-refractivity contribution in [1.29, 1.82) is 0 Å². The molecule has 0 radical (unpaired) electrons. The van der Waals surface area contributed by atoms with Crippen LogP contribution in [0.2, 0.25) is 0 Å². The highest BCUT2D eigenvalue weighted by Crippen LogP contribution is 2.24. The van der Waals surface area contributed by atoms with Crippen molar-refractivity contribution in [2.45, 2.75) is 13.1 Å². The van der Waals surface area contributed by atoms with Gasteiger partial charge in [-0.05, 0) is 0 Å². The number of nitrogens with one attached hydrogen (secondary N) is 1. The Hall–Kier alpha value is -1.20. The summed E-state index contributed by atoms with van der Waals surface area (Å²) in [4.78, 5) is 4.30. The van der Waals surface area contributed by atoms with Crippen LogP contribution in [0, 0.1) is 0 Å². The molecule has 0 spiro atoms. The molecule has 5 heteroatoms. The Bertz CT molecular complexity index is 432. The molecule has 0 unspecified atom stereocenters. The molecule has 0 saturated carbocycles. The quantitative estimate of drug-likeness (QED) is 0.760. The summed E-state index contributed by atoms with van der Waals surface area (Å²) in [5, 5.41) is 9.76. The first-order chi connectivity index (χ1) is 6.95. The van der Waals surface area contributed by atoms with Crippen molar-refractivity contribution >= 4 is 11.3 Å². The monoisotopic (exact) mass is 206 g/mol. The van der Waals surface area contributed by atoms with E-state index >= 15 is 0 Å². The average Bonchev–Trinajstić information content (AvgIpc) is 2.85. The van der Waals surface area contributed by atoms with Crippen LogP contribution in [0.5, 0.6) is 0 Å². The fraction of sp³-hybridized carbons (Fsp3) is 0.333. The third-order valence-corrected chi connectivity index (χ3v) is 3.04. The van der Waals surface area contributed by atoms with Crippen LogP contribution in [0.15, 0.2) is 17.1 Å². The maximum Gasteiger partial charge on any atom is 0.0846 e. The van der Waals surface area contributed by atoms with Crippen molar-refractivity contribution in [3.63, 3.8) is 0 Å². The van der Waals surface area contributed by atoms with Crippen molar-refractivity contribution in [2.24, 2.45) is 0 Å². The molecule has 4 nitrogen and oxygen atoms in total. The third kappa shape index (κ3) is 1.17. The van der Waals surface area contributed by atoms with Crippen LogP contribution in [-0.2, 0) is 13.1 Å². The lowest BCUT2D eigenvalue weighted by atomic mass is 10.2. The standard InChI is InChI=1S/C9H10N4S/c1-2-13-9(4-10-1)7(3-12-13)8-5-14-6-11-8/h3,5-6,10H,1-2,4H2. The molecule has 1 aliphatic heterocycles. The molecule has 2 aromatic heterocycles. The molecule has 0 fully saturated rings. The molecule has 1 N–H and O–H groups in total. The average molecular weight is 206 g/mol. The number of nitrogens with zero attached hydrogens (tertiary/aromatic N) is 3. The summed E-state index contributed by atoms with van der Waals surface area (Å²) in [7, 11) is 0. The van der Waals surface area contributed by atoms with Crippen molar-refractivity contribution in [3.8, 4) is 11.3 Å². The van der Waals surface area contributed by atoms with E-state index in [2.05, 4.69) is 25.5 Å². The predicted octanol–water partition coefficient (Wildman–Crippen LogP) is 1.11. The van der Waals surface area contributed by atoms with Gasteiger partial charge >= 0.3 is 0 Å². The smallest absolute Gasteiger partial charge is 0.0846 e. The van der Waals surface area contributed by atoms with E-state index in [9.17, 15) is 0 Å². The zero-order chi connectivity index (χ0) is 9.38. The molecule has 2 aromatic rings. The van der Waals surface area contributed by atoms with Gasteiger partial charge in [0, 0.05) is 24.0 Å². The zero-order valence-electron chi connectivity index (χ0n) is 7.60. The minimum Gasteiger partial charge on any atom is -0.309 e. The largest absolute Gasteiger partial charge is 0.309 e. The first-order valence-electron chi connectivity index (χ1n) is 4.59. The van der Waals surface area contributed by atoms with E-state index in [1.165, 1.54) is 11.3 Å². The Morgan fingerprint density at radius 3 is 3.36 bits per heavy atom. The maximum absolute atomic E-state index is 4.35. The van der Waals surface area contributed by atoms with E-state index in [4.69, 9.17) is 0 Å². The Balaban J connectivity index is 2.11. The Kier molecular flexibility index (Phi) is 1.85. The molecule has 0 amide bonds. The highest BCUT2D eigenvalue weighted by Gasteiger charge is 2.16. The van der Waals surface area contributed by atoms with E-state index in [1.54, 1.807) is 11.3 Å². The second kappa shape index (κ2) is 3.18. The highest BCUT2D eigenvalue weighted by atomic mass is 32.1. The highest BCUT2D eigenvalue weighted by molar-refractivity contribution is 7.07. The Labute approximate surface area is 85.6 Å². The van der Waals surface area contributed by atoms with E-state index in [1.807, 2.05) is 11.7 Å². The van der Waals surface area contributed by atoms with Crippen LogP contribution in [0.1, 0.15) is 5.69 Å². The van der Waals surface area contributed by atoms with Gasteiger partial charge in [-0.2, -0.15) is 5.10 Å². The van der Waals surface area contributed by atoms with Gasteiger partial charge in [-0.15, -0.1) is 11.3 Å². The lowest BCUT2D eigenvalue weighted by molar-refractivity contribution is 0.476. The number of hydrogen-bond acceptors (Lipinski definition) is 4. The van der Waals surface area contributed by atoms with Crippen molar-refractivity contribution in [2.75, 3.05) is 6.54 Å². The Morgan fingerprint density at radius 1 is 1.50 bits per heavy atom. The van der Waals surface area contributed by atoms with Gasteiger partial charge in [-0.25, -0.2) is 4.98 Å². The minimum atomic E-state index is 0.896. The van der Waals surface area contributed by atoms with Crippen molar-refractivity contribution in [3.05, 3.63) is 22.8 Å². The number of hydrogen-bond donors (Lipinski definition) is 1. The minimum absolute atomic E-state index is 0.896. The summed E-state index contributed by atoms with van der Waals surface area (Å²) in [6.45, 7) is 2.86. The molecule has 1 aliphatic rings. The molecule has 0 bridgehead atoms. The lowest BCUT2D eigenvalue weighted by Gasteiger charge is -2.15. The van der Waals surface area contributed by atoms with Crippen LogP contribution in [0.3, 0.4) is 0 Å². The van der Waals surface area contributed by atoms with Crippen LogP contribution < -0.4 is 5.32 Å². The van der Waals surface area contributed by atoms with Gasteiger partial charge in [0.25, 0.3) is 0 Å². The number of thiazole rings is 1. The summed E-state index contributed by atoms with van der Waals surface area (Å²) in [5.41, 5.74) is 5.32. The van der Waals surface area contributed by atoms with E-state index in [0.29, 0.717) is 0 Å². The van der Waals surface area contributed by atoms with E-state index < -0.39 is 0 Å². The summed E-state index contributed by atoms with van der Waals surface area (Å²) < 4.78 is 2.06. The molecule has 3 heterocycles. The number of aromatic nitrogens is 3. The fourth-order valence-corrected chi connectivity index (χ4v) is 2.29. The van der Waals surface area contributed by atoms with Crippen LogP contribution >= 0.6 is 11.3 Å². The fourth-order valence-electron chi connectivity index (χ4n) is 1.74. The van der Waals surface area contributed by atoms with E-state index in [-0.39, 0.29) is 0 Å². The van der Waals surface area contributed by atoms with Gasteiger partial charge in [0.2, 0.25) is 0 Å². The third-order valence-electron chi connectivity index (χ3n) is 2.45. The normalized spacial score (nSPS) is 15.4. The molecule has 3 rings (SSSR count). The van der Waals surface area contributed by atoms with Gasteiger partial charge in [-0.1, -0.05) is 0 Å². The summed E-state index contributed by atoms with van der Waals surface area (Å²) in [6.07, 6.45) is 1.91. The topological polar surface area (TPSA) is 42.7 Å². The molecule has 0 atom stereocenters. The second-order valence-corrected chi connectivity index (χ2v) is 4.00. The van der Waals surface area contributed by atoms with Gasteiger partial charge in [0.15, 0.2) is 0 Å².